The van der Waals surface area contributed by atoms with Crippen LogP contribution in [0.15, 0.2) is 24.3 Å². The monoisotopic (exact) mass is 634 g/mol. The van der Waals surface area contributed by atoms with E-state index >= 15 is 0 Å². The highest BCUT2D eigenvalue weighted by molar-refractivity contribution is 8.76. The van der Waals surface area contributed by atoms with E-state index in [2.05, 4.69) is 16.0 Å². The van der Waals surface area contributed by atoms with E-state index in [0.29, 0.717) is 32.2 Å². The Bertz CT molecular complexity index is 1210. The first-order valence-electron chi connectivity index (χ1n) is 14.8. The molecule has 0 bridgehead atoms. The molecule has 0 unspecified atom stereocenters. The molecule has 1 saturated carbocycles. The fourth-order valence-corrected chi connectivity index (χ4v) is 8.51. The molecular weight excluding hydrogens is 592 g/mol. The standard InChI is InChI=1S/C30H42N4O7S2/c1-29(2,3)28(41)34-15-10-20(18-6-8-19(35)9-7-18)23(34)25(37)32-21-16-42-43-17-22(26(38)39)33-27(40)30(11-4-5-12-30)13-14-31-24(21)36/h6-9,20-23,35H,4-5,10-17H2,1-3H3,(H,31,36)(H,32,37)(H,33,40)(H,38,39)/t20-,21+,22+,23+/m1/s1. The average molecular weight is 635 g/mol. The van der Waals surface area contributed by atoms with Gasteiger partial charge in [-0.05, 0) is 43.4 Å². The molecule has 3 fully saturated rings. The maximum Gasteiger partial charge on any atom is 0.327 e. The number of carboxylic acid groups (broad SMARTS) is 1. The number of hydrogen-bond donors (Lipinski definition) is 5. The van der Waals surface area contributed by atoms with Crippen molar-refractivity contribution in [1.29, 1.82) is 0 Å². The second kappa shape index (κ2) is 13.8. The van der Waals surface area contributed by atoms with E-state index in [1.165, 1.54) is 21.6 Å². The second-order valence-corrected chi connectivity index (χ2v) is 15.3. The van der Waals surface area contributed by atoms with Gasteiger partial charge in [-0.25, -0.2) is 4.79 Å². The van der Waals surface area contributed by atoms with Crippen molar-refractivity contribution in [3.05, 3.63) is 29.8 Å². The van der Waals surface area contributed by atoms with Crippen LogP contribution in [-0.4, -0.2) is 87.4 Å². The molecule has 1 aromatic carbocycles. The molecule has 1 aromatic rings. The van der Waals surface area contributed by atoms with E-state index in [0.717, 1.165) is 18.4 Å². The Morgan fingerprint density at radius 2 is 1.67 bits per heavy atom. The fourth-order valence-electron chi connectivity index (χ4n) is 6.19. The van der Waals surface area contributed by atoms with Crippen LogP contribution in [0.1, 0.15) is 70.8 Å². The zero-order valence-corrected chi connectivity index (χ0v) is 26.5. The number of phenols is 1. The average Bonchev–Trinajstić information content (AvgIpc) is 3.61. The van der Waals surface area contributed by atoms with Crippen LogP contribution in [0.5, 0.6) is 5.75 Å². The first kappa shape index (κ1) is 33.0. The van der Waals surface area contributed by atoms with Crippen LogP contribution in [-0.2, 0) is 24.0 Å². The number of hydrogen-bond acceptors (Lipinski definition) is 8. The van der Waals surface area contributed by atoms with E-state index in [4.69, 9.17) is 0 Å². The third kappa shape index (κ3) is 7.78. The number of nitrogens with zero attached hydrogens (tertiary/aromatic N) is 1. The number of carbonyl (C=O) groups is 5. The van der Waals surface area contributed by atoms with Crippen molar-refractivity contribution in [2.75, 3.05) is 24.6 Å². The molecule has 43 heavy (non-hydrogen) atoms. The number of aromatic hydroxyl groups is 1. The molecule has 4 atom stereocenters. The summed E-state index contributed by atoms with van der Waals surface area (Å²) in [5.74, 6) is -2.38. The quantitative estimate of drug-likeness (QED) is 0.313. The summed E-state index contributed by atoms with van der Waals surface area (Å²) in [6.07, 6.45) is 3.89. The van der Waals surface area contributed by atoms with Gasteiger partial charge in [0.1, 0.15) is 23.9 Å². The molecule has 3 aliphatic rings. The van der Waals surface area contributed by atoms with Crippen LogP contribution < -0.4 is 16.0 Å². The molecule has 4 rings (SSSR count). The van der Waals surface area contributed by atoms with Crippen molar-refractivity contribution in [2.45, 2.75) is 83.3 Å². The summed E-state index contributed by atoms with van der Waals surface area (Å²) in [5.41, 5.74) is -0.647. The Balaban J connectivity index is 1.56. The molecule has 1 spiro atoms. The Morgan fingerprint density at radius 3 is 2.30 bits per heavy atom. The summed E-state index contributed by atoms with van der Waals surface area (Å²) in [5, 5.41) is 28.1. The number of phenolic OH excluding ortho intramolecular Hbond substituents is 1. The number of nitrogens with one attached hydrogen (secondary N) is 3. The first-order chi connectivity index (χ1) is 20.3. The summed E-state index contributed by atoms with van der Waals surface area (Å²) >= 11 is 0. The molecule has 236 valence electrons. The molecule has 0 radical (unpaired) electrons. The number of rotatable bonds is 4. The molecule has 2 aliphatic heterocycles. The third-order valence-corrected chi connectivity index (χ3v) is 11.0. The minimum absolute atomic E-state index is 0.0991. The van der Waals surface area contributed by atoms with Crippen molar-refractivity contribution >= 4 is 51.2 Å². The van der Waals surface area contributed by atoms with Crippen molar-refractivity contribution in [1.82, 2.24) is 20.9 Å². The Labute approximate surface area is 260 Å². The minimum atomic E-state index is -1.12. The lowest BCUT2D eigenvalue weighted by Gasteiger charge is -2.33. The Kier molecular flexibility index (Phi) is 10.6. The number of likely N-dealkylation sites (tertiary alicyclic amines) is 1. The highest BCUT2D eigenvalue weighted by atomic mass is 33.1. The largest absolute Gasteiger partial charge is 0.508 e. The second-order valence-electron chi connectivity index (χ2n) is 12.7. The lowest BCUT2D eigenvalue weighted by Crippen LogP contribution is -2.56. The van der Waals surface area contributed by atoms with Crippen LogP contribution in [0, 0.1) is 10.8 Å². The molecule has 0 aromatic heterocycles. The van der Waals surface area contributed by atoms with Crippen molar-refractivity contribution in [3.8, 4) is 5.75 Å². The minimum Gasteiger partial charge on any atom is -0.508 e. The predicted molar refractivity (Wildman–Crippen MR) is 165 cm³/mol. The smallest absolute Gasteiger partial charge is 0.327 e. The van der Waals surface area contributed by atoms with E-state index in [1.807, 2.05) is 0 Å². The summed E-state index contributed by atoms with van der Waals surface area (Å²) in [6.45, 7) is 5.99. The van der Waals surface area contributed by atoms with Gasteiger partial charge in [-0.2, -0.15) is 0 Å². The molecule has 2 saturated heterocycles. The summed E-state index contributed by atoms with van der Waals surface area (Å²) in [7, 11) is 2.46. The SMILES string of the molecule is CC(C)(C)C(=O)N1CC[C@H](c2ccc(O)cc2)[C@H]1C(=O)N[C@H]1CSSC[C@@H](C(=O)O)NC(=O)C2(CCCC2)CCNC1=O. The highest BCUT2D eigenvalue weighted by Crippen LogP contribution is 2.42. The predicted octanol–water partition coefficient (Wildman–Crippen LogP) is 2.64. The maximum atomic E-state index is 14.0. The maximum absolute atomic E-state index is 14.0. The van der Waals surface area contributed by atoms with Gasteiger partial charge in [0.25, 0.3) is 0 Å². The number of aliphatic carboxylic acids is 1. The van der Waals surface area contributed by atoms with Gasteiger partial charge in [-0.3, -0.25) is 19.2 Å². The number of amides is 4. The van der Waals surface area contributed by atoms with Gasteiger partial charge >= 0.3 is 5.97 Å². The summed E-state index contributed by atoms with van der Waals surface area (Å²) in [4.78, 5) is 67.6. The van der Waals surface area contributed by atoms with Gasteiger partial charge in [0.05, 0.1) is 5.41 Å². The van der Waals surface area contributed by atoms with Gasteiger partial charge < -0.3 is 31.1 Å². The van der Waals surface area contributed by atoms with E-state index in [-0.39, 0.29) is 41.5 Å². The summed E-state index contributed by atoms with van der Waals surface area (Å²) in [6, 6.07) is 3.73. The van der Waals surface area contributed by atoms with Gasteiger partial charge in [0, 0.05) is 35.9 Å². The van der Waals surface area contributed by atoms with Gasteiger partial charge in [-0.15, -0.1) is 0 Å². The third-order valence-electron chi connectivity index (χ3n) is 8.62. The van der Waals surface area contributed by atoms with Crippen molar-refractivity contribution < 1.29 is 34.2 Å². The van der Waals surface area contributed by atoms with Gasteiger partial charge in [0.2, 0.25) is 23.6 Å². The van der Waals surface area contributed by atoms with Crippen LogP contribution in [0.4, 0.5) is 0 Å². The summed E-state index contributed by atoms with van der Waals surface area (Å²) < 4.78 is 0. The highest BCUT2D eigenvalue weighted by Gasteiger charge is 2.46. The molecule has 1 aliphatic carbocycles. The van der Waals surface area contributed by atoms with Crippen molar-refractivity contribution in [2.24, 2.45) is 10.8 Å². The number of carbonyl (C=O) groups excluding carboxylic acids is 4. The zero-order chi connectivity index (χ0) is 31.4. The van der Waals surface area contributed by atoms with Crippen LogP contribution in [0.3, 0.4) is 0 Å². The van der Waals surface area contributed by atoms with Gasteiger partial charge in [0.15, 0.2) is 0 Å². The van der Waals surface area contributed by atoms with Crippen LogP contribution in [0.2, 0.25) is 0 Å². The first-order valence-corrected chi connectivity index (χ1v) is 17.3. The lowest BCUT2D eigenvalue weighted by atomic mass is 9.81. The van der Waals surface area contributed by atoms with Crippen LogP contribution >= 0.6 is 21.6 Å². The van der Waals surface area contributed by atoms with Crippen molar-refractivity contribution in [3.63, 3.8) is 0 Å². The molecule has 5 N–H and O–H groups in total. The molecule has 4 amide bonds. The fraction of sp³-hybridized carbons (Fsp3) is 0.633. The Hall–Kier alpha value is -2.93. The van der Waals surface area contributed by atoms with E-state index in [9.17, 15) is 34.2 Å². The molecule has 13 heteroatoms. The molecule has 2 heterocycles. The normalized spacial score (nSPS) is 26.9. The zero-order valence-electron chi connectivity index (χ0n) is 24.9. The van der Waals surface area contributed by atoms with Crippen LogP contribution in [0.25, 0.3) is 0 Å². The molecule has 11 nitrogen and oxygen atoms in total. The molecular formula is C30H42N4O7S2. The lowest BCUT2D eigenvalue weighted by molar-refractivity contribution is -0.145. The van der Waals surface area contributed by atoms with E-state index in [1.54, 1.807) is 49.9 Å². The van der Waals surface area contributed by atoms with Gasteiger partial charge in [-0.1, -0.05) is 67.3 Å². The van der Waals surface area contributed by atoms with E-state index < -0.39 is 46.7 Å². The number of carboxylic acids is 1. The topological polar surface area (TPSA) is 165 Å². The Morgan fingerprint density at radius 1 is 1.02 bits per heavy atom. The number of benzene rings is 1.